The highest BCUT2D eigenvalue weighted by atomic mass is 32.1. The first-order chi connectivity index (χ1) is 34.6. The van der Waals surface area contributed by atoms with Gasteiger partial charge >= 0.3 is 0 Å². The number of hydrogen-bond donors (Lipinski definition) is 0. The van der Waals surface area contributed by atoms with Gasteiger partial charge in [0.1, 0.15) is 10.0 Å². The van der Waals surface area contributed by atoms with Crippen molar-refractivity contribution < 1.29 is 0 Å². The number of thiazole rings is 2. The van der Waals surface area contributed by atoms with Gasteiger partial charge in [0.25, 0.3) is 0 Å². The molecule has 13 rings (SSSR count). The SMILES string of the molecule is c1ccc(-c2cccc(N(c3ccc(-c4nc5ccccc5s4)cc3)c3ccc4c(ccc5cc(N(c6ccc(-c7nc8ccccc8s7)cc6)c6cccc(-c7ccccc7)c6)ccc54)c3)c2)cc1. The molecule has 4 nitrogen and oxygen atoms in total. The maximum Gasteiger partial charge on any atom is 0.124 e. The molecule has 0 atom stereocenters. The summed E-state index contributed by atoms with van der Waals surface area (Å²) in [7, 11) is 0. The van der Waals surface area contributed by atoms with Crippen LogP contribution in [-0.4, -0.2) is 9.97 Å². The molecule has 0 N–H and O–H groups in total. The Labute approximate surface area is 414 Å². The predicted octanol–water partition coefficient (Wildman–Crippen LogP) is 18.8. The van der Waals surface area contributed by atoms with Crippen LogP contribution in [0.2, 0.25) is 0 Å². The van der Waals surface area contributed by atoms with Gasteiger partial charge in [0, 0.05) is 45.3 Å². The van der Waals surface area contributed by atoms with Crippen molar-refractivity contribution >= 4 is 98.8 Å². The summed E-state index contributed by atoms with van der Waals surface area (Å²) < 4.78 is 2.39. The van der Waals surface area contributed by atoms with Crippen LogP contribution in [0.5, 0.6) is 0 Å². The molecule has 0 fully saturated rings. The fraction of sp³-hybridized carbons (Fsp3) is 0. The number of rotatable bonds is 10. The Kier molecular flexibility index (Phi) is 10.5. The number of benzene rings is 11. The quantitative estimate of drug-likeness (QED) is 0.128. The Morgan fingerprint density at radius 1 is 0.257 bits per heavy atom. The Morgan fingerprint density at radius 2 is 0.629 bits per heavy atom. The molecule has 13 aromatic rings. The molecular weight excluding hydrogens is 889 g/mol. The summed E-state index contributed by atoms with van der Waals surface area (Å²) >= 11 is 3.46. The molecule has 70 heavy (non-hydrogen) atoms. The van der Waals surface area contributed by atoms with Crippen LogP contribution >= 0.6 is 22.7 Å². The topological polar surface area (TPSA) is 32.3 Å². The number of hydrogen-bond acceptors (Lipinski definition) is 6. The van der Waals surface area contributed by atoms with Crippen LogP contribution in [0.4, 0.5) is 34.1 Å². The fourth-order valence-electron chi connectivity index (χ4n) is 9.63. The standard InChI is InChI=1S/C64H42N4S2/c1-3-13-43(14-4-1)47-17-11-19-53(39-47)67(51-31-27-45(28-32-51)63-65-59-21-7-9-23-61(59)69-63)55-35-37-57-49(41-55)25-26-50-42-56(36-38-58(50)57)68(54-20-12-18-48(40-54)44-15-5-2-6-16-44)52-33-29-46(30-34-52)64-66-60-22-8-10-24-62(60)70-64/h1-42H. The second kappa shape index (κ2) is 17.8. The minimum atomic E-state index is 1.02. The lowest BCUT2D eigenvalue weighted by Gasteiger charge is -2.27. The third-order valence-electron chi connectivity index (χ3n) is 13.1. The Balaban J connectivity index is 0.889. The number of fused-ring (bicyclic) bond motifs is 5. The van der Waals surface area contributed by atoms with Crippen molar-refractivity contribution in [2.75, 3.05) is 9.80 Å². The maximum absolute atomic E-state index is 4.96. The molecule has 2 heterocycles. The van der Waals surface area contributed by atoms with E-state index in [9.17, 15) is 0 Å². The van der Waals surface area contributed by atoms with E-state index >= 15 is 0 Å². The number of nitrogens with zero attached hydrogens (tertiary/aromatic N) is 4. The molecule has 0 aliphatic rings. The van der Waals surface area contributed by atoms with Crippen LogP contribution in [0.3, 0.4) is 0 Å². The van der Waals surface area contributed by atoms with E-state index in [0.29, 0.717) is 0 Å². The fourth-order valence-corrected chi connectivity index (χ4v) is 11.6. The van der Waals surface area contributed by atoms with Crippen molar-refractivity contribution in [2.45, 2.75) is 0 Å². The average Bonchev–Trinajstić information content (AvgIpc) is 4.08. The largest absolute Gasteiger partial charge is 0.310 e. The van der Waals surface area contributed by atoms with Gasteiger partial charge in [0.2, 0.25) is 0 Å². The first kappa shape index (κ1) is 41.5. The smallest absolute Gasteiger partial charge is 0.124 e. The van der Waals surface area contributed by atoms with E-state index in [0.717, 1.165) is 66.3 Å². The first-order valence-corrected chi connectivity index (χ1v) is 25.1. The van der Waals surface area contributed by atoms with Crippen molar-refractivity contribution in [3.05, 3.63) is 255 Å². The molecule has 0 aliphatic heterocycles. The normalized spacial score (nSPS) is 11.4. The number of para-hydroxylation sites is 2. The highest BCUT2D eigenvalue weighted by molar-refractivity contribution is 7.22. The van der Waals surface area contributed by atoms with Crippen molar-refractivity contribution in [3.8, 4) is 43.4 Å². The number of aromatic nitrogens is 2. The van der Waals surface area contributed by atoms with Gasteiger partial charge < -0.3 is 9.80 Å². The highest BCUT2D eigenvalue weighted by Crippen LogP contribution is 2.43. The van der Waals surface area contributed by atoms with E-state index in [2.05, 4.69) is 252 Å². The van der Waals surface area contributed by atoms with Crippen molar-refractivity contribution in [2.24, 2.45) is 0 Å². The van der Waals surface area contributed by atoms with Crippen LogP contribution in [-0.2, 0) is 0 Å². The lowest BCUT2D eigenvalue weighted by atomic mass is 9.99. The molecule has 0 spiro atoms. The van der Waals surface area contributed by atoms with E-state index in [1.54, 1.807) is 22.7 Å². The summed E-state index contributed by atoms with van der Waals surface area (Å²) in [5, 5.41) is 6.79. The van der Waals surface area contributed by atoms with Gasteiger partial charge in [0.15, 0.2) is 0 Å². The zero-order valence-electron chi connectivity index (χ0n) is 37.9. The third-order valence-corrected chi connectivity index (χ3v) is 15.2. The summed E-state index contributed by atoms with van der Waals surface area (Å²) in [6.45, 7) is 0. The molecule has 11 aromatic carbocycles. The second-order valence-electron chi connectivity index (χ2n) is 17.4. The van der Waals surface area contributed by atoms with E-state index < -0.39 is 0 Å². The van der Waals surface area contributed by atoms with Gasteiger partial charge in [0.05, 0.1) is 20.4 Å². The van der Waals surface area contributed by atoms with Crippen molar-refractivity contribution in [3.63, 3.8) is 0 Å². The molecule has 0 bridgehead atoms. The summed E-state index contributed by atoms with van der Waals surface area (Å²) in [6, 6.07) is 91.6. The summed E-state index contributed by atoms with van der Waals surface area (Å²) in [5.41, 5.74) is 15.5. The van der Waals surface area contributed by atoms with Crippen LogP contribution in [0.25, 0.3) is 85.4 Å². The predicted molar refractivity (Wildman–Crippen MR) is 299 cm³/mol. The molecule has 0 saturated carbocycles. The molecule has 0 radical (unpaired) electrons. The van der Waals surface area contributed by atoms with Gasteiger partial charge in [-0.15, -0.1) is 22.7 Å². The van der Waals surface area contributed by atoms with Gasteiger partial charge in [-0.2, -0.15) is 0 Å². The molecule has 0 saturated heterocycles. The van der Waals surface area contributed by atoms with Crippen molar-refractivity contribution in [1.82, 2.24) is 9.97 Å². The Bertz CT molecular complexity index is 3680. The van der Waals surface area contributed by atoms with Gasteiger partial charge in [-0.05, 0) is 165 Å². The lowest BCUT2D eigenvalue weighted by Crippen LogP contribution is -2.10. The van der Waals surface area contributed by atoms with E-state index in [-0.39, 0.29) is 0 Å². The second-order valence-corrected chi connectivity index (χ2v) is 19.5. The van der Waals surface area contributed by atoms with Gasteiger partial charge in [-0.1, -0.05) is 133 Å². The maximum atomic E-state index is 4.96. The lowest BCUT2D eigenvalue weighted by molar-refractivity contribution is 1.29. The Hall–Kier alpha value is -8.68. The minimum absolute atomic E-state index is 1.02. The molecule has 2 aromatic heterocycles. The summed E-state index contributed by atoms with van der Waals surface area (Å²) in [6.07, 6.45) is 0. The van der Waals surface area contributed by atoms with Gasteiger partial charge in [-0.3, -0.25) is 0 Å². The zero-order chi connectivity index (χ0) is 46.4. The van der Waals surface area contributed by atoms with E-state index in [1.165, 1.54) is 53.2 Å². The van der Waals surface area contributed by atoms with E-state index in [1.807, 2.05) is 12.1 Å². The monoisotopic (exact) mass is 930 g/mol. The van der Waals surface area contributed by atoms with Crippen LogP contribution in [0, 0.1) is 0 Å². The van der Waals surface area contributed by atoms with Crippen LogP contribution in [0.1, 0.15) is 0 Å². The third kappa shape index (κ3) is 7.85. The molecule has 6 heteroatoms. The molecule has 0 unspecified atom stereocenters. The molecule has 0 amide bonds. The summed E-state index contributed by atoms with van der Waals surface area (Å²) in [5.74, 6) is 0. The average molecular weight is 931 g/mol. The number of anilines is 6. The first-order valence-electron chi connectivity index (χ1n) is 23.5. The zero-order valence-corrected chi connectivity index (χ0v) is 39.5. The molecule has 0 aliphatic carbocycles. The molecule has 330 valence electrons. The van der Waals surface area contributed by atoms with Crippen molar-refractivity contribution in [1.29, 1.82) is 0 Å². The van der Waals surface area contributed by atoms with Crippen LogP contribution in [0.15, 0.2) is 255 Å². The van der Waals surface area contributed by atoms with Crippen LogP contribution < -0.4 is 9.80 Å². The van der Waals surface area contributed by atoms with E-state index in [4.69, 9.17) is 9.97 Å². The van der Waals surface area contributed by atoms with Gasteiger partial charge in [-0.25, -0.2) is 9.97 Å². The minimum Gasteiger partial charge on any atom is -0.310 e. The summed E-state index contributed by atoms with van der Waals surface area (Å²) in [4.78, 5) is 14.6. The Morgan fingerprint density at radius 3 is 1.06 bits per heavy atom. The molecular formula is C64H42N4S2. The highest BCUT2D eigenvalue weighted by Gasteiger charge is 2.19.